The maximum atomic E-state index is 13.0. The zero-order valence-corrected chi connectivity index (χ0v) is 16.9. The van der Waals surface area contributed by atoms with Gasteiger partial charge in [-0.15, -0.1) is 0 Å². The van der Waals surface area contributed by atoms with Gasteiger partial charge in [-0.2, -0.15) is 0 Å². The quantitative estimate of drug-likeness (QED) is 0.815. The molecule has 1 N–H and O–H groups in total. The lowest BCUT2D eigenvalue weighted by Gasteiger charge is -2.21. The van der Waals surface area contributed by atoms with Gasteiger partial charge in [0.25, 0.3) is 0 Å². The molecule has 0 unspecified atom stereocenters. The number of nitrogens with one attached hydrogen (secondary N) is 1. The molecule has 0 aromatic heterocycles. The minimum Gasteiger partial charge on any atom is -0.492 e. The van der Waals surface area contributed by atoms with Crippen LogP contribution in [0, 0.1) is 0 Å². The summed E-state index contributed by atoms with van der Waals surface area (Å²) in [5, 5.41) is 0. The van der Waals surface area contributed by atoms with E-state index in [4.69, 9.17) is 14.2 Å². The van der Waals surface area contributed by atoms with Crippen LogP contribution in [0.15, 0.2) is 41.3 Å². The first kappa shape index (κ1) is 19.5. The molecule has 3 rings (SSSR count). The SMILES string of the molecule is CCOc1ccc(C(C)(C)C)cc1S(=O)(=O)NCc1ccc2c(c1)OCO2. The largest absolute Gasteiger partial charge is 0.492 e. The molecule has 7 heteroatoms. The summed E-state index contributed by atoms with van der Waals surface area (Å²) < 4.78 is 44.8. The Kier molecular flexibility index (Phi) is 5.35. The third-order valence-corrected chi connectivity index (χ3v) is 5.72. The predicted molar refractivity (Wildman–Crippen MR) is 103 cm³/mol. The number of hydrogen-bond acceptors (Lipinski definition) is 5. The molecule has 2 aromatic carbocycles. The maximum absolute atomic E-state index is 13.0. The van der Waals surface area contributed by atoms with Gasteiger partial charge in [-0.1, -0.05) is 32.9 Å². The van der Waals surface area contributed by atoms with E-state index in [1.165, 1.54) is 0 Å². The molecule has 0 spiro atoms. The van der Waals surface area contributed by atoms with Crippen molar-refractivity contribution in [1.82, 2.24) is 4.72 Å². The Balaban J connectivity index is 1.86. The van der Waals surface area contributed by atoms with E-state index in [0.29, 0.717) is 23.9 Å². The van der Waals surface area contributed by atoms with E-state index in [0.717, 1.165) is 11.1 Å². The van der Waals surface area contributed by atoms with Crippen molar-refractivity contribution in [3.05, 3.63) is 47.5 Å². The molecule has 0 radical (unpaired) electrons. The van der Waals surface area contributed by atoms with Crippen LogP contribution < -0.4 is 18.9 Å². The van der Waals surface area contributed by atoms with Crippen molar-refractivity contribution in [2.75, 3.05) is 13.4 Å². The van der Waals surface area contributed by atoms with E-state index in [-0.39, 0.29) is 23.6 Å². The van der Waals surface area contributed by atoms with Gasteiger partial charge in [0, 0.05) is 6.54 Å². The van der Waals surface area contributed by atoms with Gasteiger partial charge < -0.3 is 14.2 Å². The minimum atomic E-state index is -3.76. The average molecular weight is 391 g/mol. The Bertz CT molecular complexity index is 932. The van der Waals surface area contributed by atoms with Crippen LogP contribution in [-0.4, -0.2) is 21.8 Å². The molecule has 1 aliphatic heterocycles. The van der Waals surface area contributed by atoms with E-state index < -0.39 is 10.0 Å². The fourth-order valence-corrected chi connectivity index (χ4v) is 3.95. The molecule has 1 heterocycles. The van der Waals surface area contributed by atoms with E-state index in [9.17, 15) is 8.42 Å². The fraction of sp³-hybridized carbons (Fsp3) is 0.400. The molecule has 0 bridgehead atoms. The first-order chi connectivity index (χ1) is 12.7. The molecule has 0 aliphatic carbocycles. The van der Waals surface area contributed by atoms with Crippen molar-refractivity contribution >= 4 is 10.0 Å². The summed E-state index contributed by atoms with van der Waals surface area (Å²) in [6, 6.07) is 10.7. The number of benzene rings is 2. The Labute approximate surface area is 160 Å². The van der Waals surface area contributed by atoms with Crippen LogP contribution in [-0.2, 0) is 22.0 Å². The first-order valence-corrected chi connectivity index (χ1v) is 10.3. The van der Waals surface area contributed by atoms with Crippen LogP contribution in [0.2, 0.25) is 0 Å². The Morgan fingerprint density at radius 3 is 2.52 bits per heavy atom. The molecule has 2 aromatic rings. The highest BCUT2D eigenvalue weighted by Gasteiger charge is 2.24. The lowest BCUT2D eigenvalue weighted by Crippen LogP contribution is -2.24. The molecule has 1 aliphatic rings. The summed E-state index contributed by atoms with van der Waals surface area (Å²) in [6.07, 6.45) is 0. The van der Waals surface area contributed by atoms with Crippen molar-refractivity contribution in [3.8, 4) is 17.2 Å². The van der Waals surface area contributed by atoms with Gasteiger partial charge in [0.2, 0.25) is 16.8 Å². The highest BCUT2D eigenvalue weighted by Crippen LogP contribution is 2.33. The minimum absolute atomic E-state index is 0.143. The molecule has 0 fully saturated rings. The number of sulfonamides is 1. The van der Waals surface area contributed by atoms with E-state index in [2.05, 4.69) is 4.72 Å². The Hall–Kier alpha value is -2.25. The second-order valence-corrected chi connectivity index (χ2v) is 9.09. The van der Waals surface area contributed by atoms with Crippen LogP contribution >= 0.6 is 0 Å². The van der Waals surface area contributed by atoms with E-state index >= 15 is 0 Å². The van der Waals surface area contributed by atoms with Gasteiger partial charge in [-0.05, 0) is 47.7 Å². The van der Waals surface area contributed by atoms with Gasteiger partial charge in [-0.3, -0.25) is 0 Å². The highest BCUT2D eigenvalue weighted by atomic mass is 32.2. The highest BCUT2D eigenvalue weighted by molar-refractivity contribution is 7.89. The molecular formula is C20H25NO5S. The molecule has 6 nitrogen and oxygen atoms in total. The predicted octanol–water partition coefficient (Wildman–Crippen LogP) is 3.59. The monoisotopic (exact) mass is 391 g/mol. The molecular weight excluding hydrogens is 366 g/mol. The summed E-state index contributed by atoms with van der Waals surface area (Å²) in [5.41, 5.74) is 1.54. The summed E-state index contributed by atoms with van der Waals surface area (Å²) in [4.78, 5) is 0.150. The van der Waals surface area contributed by atoms with Crippen molar-refractivity contribution in [1.29, 1.82) is 0 Å². The van der Waals surface area contributed by atoms with Crippen LogP contribution in [0.3, 0.4) is 0 Å². The van der Waals surface area contributed by atoms with Crippen LogP contribution in [0.4, 0.5) is 0 Å². The van der Waals surface area contributed by atoms with Crippen molar-refractivity contribution in [3.63, 3.8) is 0 Å². The Morgan fingerprint density at radius 2 is 1.81 bits per heavy atom. The zero-order valence-electron chi connectivity index (χ0n) is 16.0. The van der Waals surface area contributed by atoms with Crippen LogP contribution in [0.5, 0.6) is 17.2 Å². The second-order valence-electron chi connectivity index (χ2n) is 7.36. The molecule has 0 atom stereocenters. The van der Waals surface area contributed by atoms with Gasteiger partial charge >= 0.3 is 0 Å². The molecule has 27 heavy (non-hydrogen) atoms. The lowest BCUT2D eigenvalue weighted by molar-refractivity contribution is 0.174. The van der Waals surface area contributed by atoms with Crippen LogP contribution in [0.1, 0.15) is 38.8 Å². The average Bonchev–Trinajstić information content (AvgIpc) is 3.07. The summed E-state index contributed by atoms with van der Waals surface area (Å²) >= 11 is 0. The molecule has 0 saturated heterocycles. The Morgan fingerprint density at radius 1 is 1.07 bits per heavy atom. The number of rotatable bonds is 6. The maximum Gasteiger partial charge on any atom is 0.244 e. The fourth-order valence-electron chi connectivity index (χ4n) is 2.77. The summed E-state index contributed by atoms with van der Waals surface area (Å²) in [5.74, 6) is 1.64. The van der Waals surface area contributed by atoms with Crippen molar-refractivity contribution in [2.24, 2.45) is 0 Å². The number of hydrogen-bond donors (Lipinski definition) is 1. The van der Waals surface area contributed by atoms with Gasteiger partial charge in [0.05, 0.1) is 6.61 Å². The van der Waals surface area contributed by atoms with Gasteiger partial charge in [-0.25, -0.2) is 13.1 Å². The summed E-state index contributed by atoms with van der Waals surface area (Å²) in [7, 11) is -3.76. The molecule has 146 valence electrons. The molecule has 0 amide bonds. The van der Waals surface area contributed by atoms with Gasteiger partial charge in [0.1, 0.15) is 10.6 Å². The lowest BCUT2D eigenvalue weighted by atomic mass is 9.87. The van der Waals surface area contributed by atoms with Crippen molar-refractivity contribution < 1.29 is 22.6 Å². The first-order valence-electron chi connectivity index (χ1n) is 8.86. The van der Waals surface area contributed by atoms with Crippen molar-refractivity contribution in [2.45, 2.75) is 44.6 Å². The van der Waals surface area contributed by atoms with E-state index in [1.807, 2.05) is 39.8 Å². The third-order valence-electron chi connectivity index (χ3n) is 4.30. The smallest absolute Gasteiger partial charge is 0.244 e. The van der Waals surface area contributed by atoms with Crippen LogP contribution in [0.25, 0.3) is 0 Å². The van der Waals surface area contributed by atoms with Gasteiger partial charge in [0.15, 0.2) is 11.5 Å². The standard InChI is InChI=1S/C20H25NO5S/c1-5-24-17-9-7-15(20(2,3)4)11-19(17)27(22,23)21-12-14-6-8-16-18(10-14)26-13-25-16/h6-11,21H,5,12-13H2,1-4H3. The topological polar surface area (TPSA) is 73.9 Å². The molecule has 0 saturated carbocycles. The number of fused-ring (bicyclic) bond motifs is 1. The summed E-state index contributed by atoms with van der Waals surface area (Å²) in [6.45, 7) is 8.66. The number of ether oxygens (including phenoxy) is 3. The van der Waals surface area contributed by atoms with E-state index in [1.54, 1.807) is 24.3 Å². The second kappa shape index (κ2) is 7.40. The third kappa shape index (κ3) is 4.36. The normalized spacial score (nSPS) is 13.6. The zero-order chi connectivity index (χ0) is 19.7.